The number of fused-ring (bicyclic) bond motifs is 1. The van der Waals surface area contributed by atoms with Crippen LogP contribution in [0.25, 0.3) is 0 Å². The normalized spacial score (nSPS) is 35.5. The average Bonchev–Trinajstić information content (AvgIpc) is 2.87. The molecule has 3 heterocycles. The highest BCUT2D eigenvalue weighted by Crippen LogP contribution is 2.37. The molecule has 0 aromatic carbocycles. The fourth-order valence-corrected chi connectivity index (χ4v) is 2.86. The maximum absolute atomic E-state index is 11.7. The third-order valence-electron chi connectivity index (χ3n) is 2.82. The van der Waals surface area contributed by atoms with E-state index in [1.54, 1.807) is 0 Å². The fourth-order valence-electron chi connectivity index (χ4n) is 2.01. The molecule has 12 heteroatoms. The predicted octanol–water partition coefficient (Wildman–Crippen LogP) is -2.11. The number of nitrogens with zero attached hydrogens (tertiary/aromatic N) is 3. The van der Waals surface area contributed by atoms with Gasteiger partial charge in [-0.05, 0) is 0 Å². The van der Waals surface area contributed by atoms with Crippen LogP contribution in [0.2, 0.25) is 0 Å². The van der Waals surface area contributed by atoms with E-state index in [4.69, 9.17) is 18.8 Å². The molecule has 2 saturated heterocycles. The van der Waals surface area contributed by atoms with Crippen molar-refractivity contribution in [3.05, 3.63) is 16.7 Å². The summed E-state index contributed by atoms with van der Waals surface area (Å²) >= 11 is -1.94. The van der Waals surface area contributed by atoms with Gasteiger partial charge in [0.15, 0.2) is 12.3 Å². The van der Waals surface area contributed by atoms with Crippen LogP contribution in [0.1, 0.15) is 6.23 Å². The molecule has 1 aromatic heterocycles. The zero-order valence-corrected chi connectivity index (χ0v) is 11.5. The van der Waals surface area contributed by atoms with Gasteiger partial charge in [-0.2, -0.15) is 19.0 Å². The van der Waals surface area contributed by atoms with Gasteiger partial charge in [0.05, 0.1) is 12.8 Å². The van der Waals surface area contributed by atoms with E-state index in [0.29, 0.717) is 0 Å². The van der Waals surface area contributed by atoms with Crippen LogP contribution in [-0.2, 0) is 24.5 Å². The van der Waals surface area contributed by atoms with Crippen LogP contribution in [-0.4, -0.2) is 49.0 Å². The quantitative estimate of drug-likeness (QED) is 0.625. The molecule has 0 saturated carbocycles. The first kappa shape index (κ1) is 15.3. The minimum atomic E-state index is -1.94. The van der Waals surface area contributed by atoms with E-state index >= 15 is 0 Å². The lowest BCUT2D eigenvalue weighted by molar-refractivity contribution is -0.0623. The predicted molar refractivity (Wildman–Crippen MR) is 66.8 cm³/mol. The molecule has 1 aromatic rings. The minimum absolute atomic E-state index is 0. The molecule has 2 fully saturated rings. The van der Waals surface area contributed by atoms with Crippen LogP contribution in [0, 0.1) is 0 Å². The molecule has 0 radical (unpaired) electrons. The van der Waals surface area contributed by atoms with Gasteiger partial charge in [-0.1, -0.05) is 0 Å². The summed E-state index contributed by atoms with van der Waals surface area (Å²) in [4.78, 5) is 15.2. The Hall–Kier alpha value is -1.11. The Bertz CT molecular complexity index is 584. The molecule has 0 bridgehead atoms. The highest BCUT2D eigenvalue weighted by atomic mass is 35.5. The molecule has 0 spiro atoms. The maximum atomic E-state index is 11.7. The monoisotopic (exact) mass is 326 g/mol. The molecule has 2 aliphatic rings. The second-order valence-electron chi connectivity index (χ2n) is 3.98. The second-order valence-corrected chi connectivity index (χ2v) is 4.78. The molecule has 5 atom stereocenters. The molecule has 5 unspecified atom stereocenters. The molecule has 112 valence electrons. The maximum Gasteiger partial charge on any atom is 0.368 e. The van der Waals surface area contributed by atoms with E-state index in [0.717, 1.165) is 4.68 Å². The molecular weight excluding hydrogens is 316 g/mol. The van der Waals surface area contributed by atoms with E-state index in [9.17, 15) is 14.1 Å². The van der Waals surface area contributed by atoms with E-state index in [-0.39, 0.29) is 24.8 Å². The van der Waals surface area contributed by atoms with Gasteiger partial charge < -0.3 is 15.6 Å². The minimum Gasteiger partial charge on any atom is -0.394 e. The number of rotatable bonds is 2. The van der Waals surface area contributed by atoms with Crippen molar-refractivity contribution in [1.29, 1.82) is 0 Å². The van der Waals surface area contributed by atoms with E-state index < -0.39 is 41.6 Å². The fraction of sp³-hybridized carbons (Fsp3) is 0.625. The number of nitrogens with two attached hydrogens (primary N) is 1. The van der Waals surface area contributed by atoms with Gasteiger partial charge in [-0.25, -0.2) is 4.79 Å². The van der Waals surface area contributed by atoms with Gasteiger partial charge in [-0.3, -0.25) is 8.37 Å². The molecule has 3 rings (SSSR count). The first-order valence-electron chi connectivity index (χ1n) is 5.34. The summed E-state index contributed by atoms with van der Waals surface area (Å²) < 4.78 is 27.6. The average molecular weight is 327 g/mol. The van der Waals surface area contributed by atoms with Gasteiger partial charge in [0, 0.05) is 0 Å². The van der Waals surface area contributed by atoms with Crippen molar-refractivity contribution in [2.45, 2.75) is 24.5 Å². The van der Waals surface area contributed by atoms with Crippen LogP contribution in [0.4, 0.5) is 5.82 Å². The van der Waals surface area contributed by atoms with Crippen molar-refractivity contribution in [2.24, 2.45) is 0 Å². The van der Waals surface area contributed by atoms with E-state index in [1.165, 1.54) is 6.20 Å². The number of hydrogen-bond donors (Lipinski definition) is 2. The summed E-state index contributed by atoms with van der Waals surface area (Å²) in [7, 11) is 0. The Morgan fingerprint density at radius 1 is 1.45 bits per heavy atom. The number of aliphatic hydroxyl groups excluding tert-OH is 1. The summed E-state index contributed by atoms with van der Waals surface area (Å²) in [5.41, 5.74) is 4.60. The highest BCUT2D eigenvalue weighted by molar-refractivity contribution is 7.75. The van der Waals surface area contributed by atoms with Crippen LogP contribution >= 0.6 is 12.4 Å². The van der Waals surface area contributed by atoms with Gasteiger partial charge in [0.1, 0.15) is 18.0 Å². The van der Waals surface area contributed by atoms with Crippen LogP contribution < -0.4 is 11.4 Å². The lowest BCUT2D eigenvalue weighted by Crippen LogP contribution is -2.36. The highest BCUT2D eigenvalue weighted by Gasteiger charge is 2.54. The number of hydrogen-bond acceptors (Lipinski definition) is 9. The largest absolute Gasteiger partial charge is 0.394 e. The van der Waals surface area contributed by atoms with Crippen molar-refractivity contribution in [3.8, 4) is 0 Å². The zero-order chi connectivity index (χ0) is 13.6. The number of nitrogen functional groups attached to an aromatic ring is 1. The van der Waals surface area contributed by atoms with Gasteiger partial charge >= 0.3 is 17.1 Å². The Morgan fingerprint density at radius 2 is 2.15 bits per heavy atom. The number of aromatic nitrogens is 3. The molecule has 10 nitrogen and oxygen atoms in total. The molecule has 0 amide bonds. The van der Waals surface area contributed by atoms with Crippen molar-refractivity contribution in [1.82, 2.24) is 14.8 Å². The van der Waals surface area contributed by atoms with Crippen LogP contribution in [0.5, 0.6) is 0 Å². The third kappa shape index (κ3) is 2.43. The summed E-state index contributed by atoms with van der Waals surface area (Å²) in [5, 5.41) is 13.0. The Morgan fingerprint density at radius 3 is 2.80 bits per heavy atom. The first-order valence-corrected chi connectivity index (χ1v) is 6.34. The Labute approximate surface area is 121 Å². The first-order chi connectivity index (χ1) is 9.10. The van der Waals surface area contributed by atoms with Gasteiger partial charge in [0.2, 0.25) is 0 Å². The van der Waals surface area contributed by atoms with E-state index in [2.05, 4.69) is 10.1 Å². The zero-order valence-electron chi connectivity index (χ0n) is 9.82. The van der Waals surface area contributed by atoms with Crippen molar-refractivity contribution in [3.63, 3.8) is 0 Å². The van der Waals surface area contributed by atoms with Crippen LogP contribution in [0.15, 0.2) is 11.0 Å². The number of halogens is 1. The van der Waals surface area contributed by atoms with Crippen molar-refractivity contribution >= 4 is 29.6 Å². The standard InChI is InChI=1S/C8H10N4O6S.ClH/c9-4-1-10-12(8(14)11-4)7-6-5(3(2-13)16-7)17-19(15)18-6;/h1,3,5-7,13H,2H2,(H2,9,11,14);1H. The molecule has 20 heavy (non-hydrogen) atoms. The molecule has 3 N–H and O–H groups in total. The topological polar surface area (TPSA) is 139 Å². The lowest BCUT2D eigenvalue weighted by atomic mass is 10.1. The third-order valence-corrected chi connectivity index (χ3v) is 3.58. The lowest BCUT2D eigenvalue weighted by Gasteiger charge is -2.15. The van der Waals surface area contributed by atoms with Crippen molar-refractivity contribution in [2.75, 3.05) is 12.3 Å². The SMILES string of the molecule is Cl.Nc1cnn(C2OC(CO)C3OS(=O)OC32)c(=O)n1. The molecule has 2 aliphatic heterocycles. The molecular formula is C8H11ClN4O6S. The summed E-state index contributed by atoms with van der Waals surface area (Å²) in [6, 6.07) is 0. The number of aliphatic hydroxyl groups is 1. The van der Waals surface area contributed by atoms with Gasteiger partial charge in [-0.15, -0.1) is 12.4 Å². The molecule has 0 aliphatic carbocycles. The van der Waals surface area contributed by atoms with E-state index in [1.807, 2.05) is 0 Å². The summed E-state index contributed by atoms with van der Waals surface area (Å²) in [6.07, 6.45) is -2.10. The summed E-state index contributed by atoms with van der Waals surface area (Å²) in [5.74, 6) is -0.0262. The Balaban J connectivity index is 0.00000147. The smallest absolute Gasteiger partial charge is 0.368 e. The second kappa shape index (κ2) is 5.71. The summed E-state index contributed by atoms with van der Waals surface area (Å²) in [6.45, 7) is -0.366. The van der Waals surface area contributed by atoms with Crippen LogP contribution in [0.3, 0.4) is 0 Å². The number of ether oxygens (including phenoxy) is 1. The van der Waals surface area contributed by atoms with Crippen molar-refractivity contribution < 1.29 is 22.4 Å². The number of anilines is 1. The van der Waals surface area contributed by atoms with Gasteiger partial charge in [0.25, 0.3) is 0 Å². The Kier molecular flexibility index (Phi) is 4.36.